The van der Waals surface area contributed by atoms with Gasteiger partial charge >= 0.3 is 0 Å². The highest BCUT2D eigenvalue weighted by Gasteiger charge is 2.02. The maximum atomic E-state index is 5.96. The van der Waals surface area contributed by atoms with Crippen molar-refractivity contribution >= 4 is 23.2 Å². The molecular weight excluding hydrogens is 193 g/mol. The van der Waals surface area contributed by atoms with Crippen molar-refractivity contribution < 1.29 is 5.32 Å². The molecule has 3 heteroatoms. The fourth-order valence-corrected chi connectivity index (χ4v) is 1.41. The maximum Gasteiger partial charge on any atom is 0.0626 e. The van der Waals surface area contributed by atoms with Gasteiger partial charge in [0.15, 0.2) is 0 Å². The molecule has 0 saturated heterocycles. The Labute approximate surface area is 82.7 Å². The van der Waals surface area contributed by atoms with E-state index in [1.54, 1.807) is 6.07 Å². The molecule has 0 atom stereocenters. The second kappa shape index (κ2) is 4.70. The van der Waals surface area contributed by atoms with Crippen LogP contribution in [0.1, 0.15) is 5.56 Å². The molecule has 0 bridgehead atoms. The molecule has 0 aliphatic rings. The van der Waals surface area contributed by atoms with Crippen molar-refractivity contribution in [3.8, 4) is 0 Å². The van der Waals surface area contributed by atoms with Gasteiger partial charge in [-0.15, -0.1) is 0 Å². The van der Waals surface area contributed by atoms with Crippen LogP contribution in [0.4, 0.5) is 0 Å². The van der Waals surface area contributed by atoms with Gasteiger partial charge in [-0.2, -0.15) is 7.05 Å². The molecule has 0 aliphatic carbocycles. The zero-order chi connectivity index (χ0) is 8.97. The first kappa shape index (κ1) is 9.85. The van der Waals surface area contributed by atoms with Crippen LogP contribution in [-0.4, -0.2) is 6.54 Å². The summed E-state index contributed by atoms with van der Waals surface area (Å²) in [6, 6.07) is 5.69. The third-order valence-electron chi connectivity index (χ3n) is 1.65. The molecule has 1 aromatic carbocycles. The van der Waals surface area contributed by atoms with Crippen molar-refractivity contribution in [2.24, 2.45) is 0 Å². The van der Waals surface area contributed by atoms with E-state index in [1.165, 1.54) is 0 Å². The molecule has 0 aliphatic heterocycles. The van der Waals surface area contributed by atoms with Crippen molar-refractivity contribution in [3.63, 3.8) is 0 Å². The van der Waals surface area contributed by atoms with Crippen LogP contribution in [0.25, 0.3) is 0 Å². The Balaban J connectivity index is 2.78. The van der Waals surface area contributed by atoms with E-state index in [2.05, 4.69) is 7.05 Å². The second-order valence-electron chi connectivity index (χ2n) is 2.54. The van der Waals surface area contributed by atoms with Crippen molar-refractivity contribution in [2.45, 2.75) is 6.42 Å². The van der Waals surface area contributed by atoms with Gasteiger partial charge in [0.1, 0.15) is 0 Å². The first-order valence-electron chi connectivity index (χ1n) is 3.79. The molecule has 1 nitrogen and oxygen atoms in total. The van der Waals surface area contributed by atoms with Gasteiger partial charge in [-0.1, -0.05) is 35.3 Å². The molecule has 1 rings (SSSR count). The van der Waals surface area contributed by atoms with Crippen LogP contribution in [-0.2, 0) is 6.42 Å². The normalized spacial score (nSPS) is 10.2. The highest BCUT2D eigenvalue weighted by molar-refractivity contribution is 6.42. The van der Waals surface area contributed by atoms with E-state index in [1.807, 2.05) is 17.4 Å². The first-order chi connectivity index (χ1) is 5.75. The summed E-state index contributed by atoms with van der Waals surface area (Å²) in [5, 5.41) is 3.16. The molecular formula is C9H11Cl2N. The largest absolute Gasteiger partial charge is 0.479 e. The number of nitrogens with two attached hydrogens (primary N) is 1. The quantitative estimate of drug-likeness (QED) is 0.724. The van der Waals surface area contributed by atoms with E-state index in [4.69, 9.17) is 23.2 Å². The van der Waals surface area contributed by atoms with Crippen LogP contribution in [0.2, 0.25) is 10.0 Å². The van der Waals surface area contributed by atoms with E-state index in [-0.39, 0.29) is 0 Å². The van der Waals surface area contributed by atoms with Crippen molar-refractivity contribution in [3.05, 3.63) is 40.9 Å². The fourth-order valence-electron chi connectivity index (χ4n) is 0.999. The van der Waals surface area contributed by atoms with Gasteiger partial charge in [0, 0.05) is 6.42 Å². The molecule has 0 aromatic heterocycles. The number of hydrogen-bond donors (Lipinski definition) is 1. The number of quaternary nitrogens is 1. The minimum absolute atomic E-state index is 0.623. The lowest BCUT2D eigenvalue weighted by molar-refractivity contribution is -0.594. The SMILES string of the molecule is [CH2-][NH2+]CCc1cccc(Cl)c1Cl. The third kappa shape index (κ3) is 2.37. The highest BCUT2D eigenvalue weighted by Crippen LogP contribution is 2.25. The molecule has 2 N–H and O–H groups in total. The number of halogens is 2. The van der Waals surface area contributed by atoms with Gasteiger partial charge in [-0.25, -0.2) is 0 Å². The molecule has 0 unspecified atom stereocenters. The maximum absolute atomic E-state index is 5.96. The smallest absolute Gasteiger partial charge is 0.0626 e. The van der Waals surface area contributed by atoms with Crippen molar-refractivity contribution in [1.29, 1.82) is 0 Å². The third-order valence-corrected chi connectivity index (χ3v) is 2.51. The zero-order valence-corrected chi connectivity index (χ0v) is 8.20. The molecule has 0 radical (unpaired) electrons. The minimum atomic E-state index is 0.623. The summed E-state index contributed by atoms with van der Waals surface area (Å²) in [5.41, 5.74) is 1.09. The highest BCUT2D eigenvalue weighted by atomic mass is 35.5. The van der Waals surface area contributed by atoms with Gasteiger partial charge < -0.3 is 5.32 Å². The molecule has 12 heavy (non-hydrogen) atoms. The van der Waals surface area contributed by atoms with Crippen LogP contribution in [0, 0.1) is 7.05 Å². The lowest BCUT2D eigenvalue weighted by Gasteiger charge is -2.04. The van der Waals surface area contributed by atoms with Crippen LogP contribution in [0.3, 0.4) is 0 Å². The Morgan fingerprint density at radius 2 is 2.08 bits per heavy atom. The minimum Gasteiger partial charge on any atom is -0.479 e. The van der Waals surface area contributed by atoms with Crippen LogP contribution < -0.4 is 5.32 Å². The first-order valence-corrected chi connectivity index (χ1v) is 4.55. The Morgan fingerprint density at radius 1 is 1.33 bits per heavy atom. The average molecular weight is 204 g/mol. The second-order valence-corrected chi connectivity index (χ2v) is 3.33. The predicted octanol–water partition coefficient (Wildman–Crippen LogP) is 1.89. The topological polar surface area (TPSA) is 16.6 Å². The summed E-state index contributed by atoms with van der Waals surface area (Å²) in [6.45, 7) is 0.931. The van der Waals surface area contributed by atoms with Crippen molar-refractivity contribution in [2.75, 3.05) is 6.54 Å². The summed E-state index contributed by atoms with van der Waals surface area (Å²) >= 11 is 11.8. The van der Waals surface area contributed by atoms with Crippen LogP contribution in [0.15, 0.2) is 18.2 Å². The summed E-state index contributed by atoms with van der Waals surface area (Å²) in [7, 11) is 3.65. The standard InChI is InChI=1S/C9H11Cl2N/c1-12-6-5-7-3-2-4-8(10)9(7)11/h2-4H,1,5-6,12H2. The average Bonchev–Trinajstić information content (AvgIpc) is 2.08. The lowest BCUT2D eigenvalue weighted by atomic mass is 10.1. The molecule has 0 amide bonds. The summed E-state index contributed by atoms with van der Waals surface area (Å²) < 4.78 is 0. The molecule has 0 spiro atoms. The van der Waals surface area contributed by atoms with Crippen molar-refractivity contribution in [1.82, 2.24) is 0 Å². The molecule has 0 saturated carbocycles. The Morgan fingerprint density at radius 3 is 2.75 bits per heavy atom. The summed E-state index contributed by atoms with van der Waals surface area (Å²) in [6.07, 6.45) is 0.906. The van der Waals surface area contributed by atoms with Gasteiger partial charge in [0.05, 0.1) is 16.6 Å². The van der Waals surface area contributed by atoms with E-state index >= 15 is 0 Å². The monoisotopic (exact) mass is 203 g/mol. The van der Waals surface area contributed by atoms with Crippen LogP contribution >= 0.6 is 23.2 Å². The van der Waals surface area contributed by atoms with E-state index in [0.717, 1.165) is 18.5 Å². The lowest BCUT2D eigenvalue weighted by Crippen LogP contribution is -2.77. The Hall–Kier alpha value is -0.240. The summed E-state index contributed by atoms with van der Waals surface area (Å²) in [5.74, 6) is 0. The van der Waals surface area contributed by atoms with Gasteiger partial charge in [-0.05, 0) is 11.6 Å². The molecule has 0 heterocycles. The van der Waals surface area contributed by atoms with Gasteiger partial charge in [0.2, 0.25) is 0 Å². The number of hydrogen-bond acceptors (Lipinski definition) is 0. The summed E-state index contributed by atoms with van der Waals surface area (Å²) in [4.78, 5) is 0. The van der Waals surface area contributed by atoms with E-state index < -0.39 is 0 Å². The number of benzene rings is 1. The zero-order valence-electron chi connectivity index (χ0n) is 6.69. The van der Waals surface area contributed by atoms with Gasteiger partial charge in [0.25, 0.3) is 0 Å². The van der Waals surface area contributed by atoms with Crippen LogP contribution in [0.5, 0.6) is 0 Å². The van der Waals surface area contributed by atoms with Gasteiger partial charge in [-0.3, -0.25) is 0 Å². The predicted molar refractivity (Wildman–Crippen MR) is 52.3 cm³/mol. The number of rotatable bonds is 3. The fraction of sp³-hybridized carbons (Fsp3) is 0.222. The van der Waals surface area contributed by atoms with E-state index in [9.17, 15) is 0 Å². The Kier molecular flexibility index (Phi) is 3.86. The molecule has 0 fully saturated rings. The molecule has 66 valence electrons. The Bertz CT molecular complexity index is 261. The molecule has 1 aromatic rings. The van der Waals surface area contributed by atoms with E-state index in [0.29, 0.717) is 10.0 Å².